The summed E-state index contributed by atoms with van der Waals surface area (Å²) >= 11 is 0. The molecule has 1 unspecified atom stereocenters. The third-order valence-corrected chi connectivity index (χ3v) is 5.87. The number of benzene rings is 3. The number of ketones is 1. The van der Waals surface area contributed by atoms with Crippen LogP contribution < -0.4 is 4.90 Å². The number of nitrogens with zero attached hydrogens (tertiary/aromatic N) is 1. The molecular weight excluding hydrogens is 386 g/mol. The number of cyclic esters (lactones) is 1. The van der Waals surface area contributed by atoms with E-state index in [1.54, 1.807) is 0 Å². The van der Waals surface area contributed by atoms with Crippen molar-refractivity contribution in [3.05, 3.63) is 102 Å². The summed E-state index contributed by atoms with van der Waals surface area (Å²) in [7, 11) is 0. The monoisotopic (exact) mass is 413 g/mol. The first-order chi connectivity index (χ1) is 15.1. The molecule has 0 aliphatic carbocycles. The van der Waals surface area contributed by atoms with Crippen LogP contribution >= 0.6 is 0 Å². The zero-order chi connectivity index (χ0) is 21.7. The lowest BCUT2D eigenvalue weighted by atomic mass is 9.83. The lowest BCUT2D eigenvalue weighted by molar-refractivity contribution is -0.172. The number of ether oxygens (including phenoxy) is 1. The molecule has 3 aromatic rings. The Morgan fingerprint density at radius 3 is 2.00 bits per heavy atom. The maximum absolute atomic E-state index is 12.2. The Labute approximate surface area is 183 Å². The van der Waals surface area contributed by atoms with Crippen molar-refractivity contribution in [3.63, 3.8) is 0 Å². The third-order valence-electron chi connectivity index (χ3n) is 5.87. The van der Waals surface area contributed by atoms with Crippen molar-refractivity contribution in [2.75, 3.05) is 4.90 Å². The van der Waals surface area contributed by atoms with E-state index in [0.29, 0.717) is 6.42 Å². The van der Waals surface area contributed by atoms with Crippen LogP contribution in [0.2, 0.25) is 0 Å². The molecule has 0 aromatic heterocycles. The lowest BCUT2D eigenvalue weighted by Crippen LogP contribution is -2.40. The molecule has 3 aromatic carbocycles. The van der Waals surface area contributed by atoms with Crippen LogP contribution in [-0.4, -0.2) is 11.8 Å². The second-order valence-electron chi connectivity index (χ2n) is 8.09. The molecule has 0 radical (unpaired) electrons. The van der Waals surface area contributed by atoms with Crippen molar-refractivity contribution in [2.24, 2.45) is 0 Å². The van der Waals surface area contributed by atoms with Gasteiger partial charge in [-0.05, 0) is 35.2 Å². The van der Waals surface area contributed by atoms with Gasteiger partial charge in [0, 0.05) is 18.8 Å². The minimum absolute atomic E-state index is 0.0612. The normalized spacial score (nSPS) is 18.5. The van der Waals surface area contributed by atoms with E-state index in [1.807, 2.05) is 55.5 Å². The fourth-order valence-electron chi connectivity index (χ4n) is 4.23. The van der Waals surface area contributed by atoms with Gasteiger partial charge in [-0.25, -0.2) is 0 Å². The predicted molar refractivity (Wildman–Crippen MR) is 122 cm³/mol. The molecule has 0 bridgehead atoms. The van der Waals surface area contributed by atoms with Crippen LogP contribution in [0.3, 0.4) is 0 Å². The molecule has 1 aliphatic heterocycles. The van der Waals surface area contributed by atoms with Gasteiger partial charge in [-0.1, -0.05) is 79.7 Å². The Hall–Kier alpha value is -3.40. The number of anilines is 1. The van der Waals surface area contributed by atoms with E-state index in [9.17, 15) is 9.59 Å². The molecule has 158 valence electrons. The number of esters is 1. The van der Waals surface area contributed by atoms with E-state index in [0.717, 1.165) is 24.3 Å². The van der Waals surface area contributed by atoms with Gasteiger partial charge in [0.05, 0.1) is 6.42 Å². The van der Waals surface area contributed by atoms with Crippen LogP contribution in [0.25, 0.3) is 0 Å². The van der Waals surface area contributed by atoms with Crippen molar-refractivity contribution in [2.45, 2.75) is 44.9 Å². The average molecular weight is 414 g/mol. The second kappa shape index (κ2) is 9.17. The fourth-order valence-corrected chi connectivity index (χ4v) is 4.23. The van der Waals surface area contributed by atoms with Crippen LogP contribution in [0.4, 0.5) is 5.69 Å². The SMILES string of the molecule is CCC1(c2cccc(N(Cc3ccccc3)Cc3ccccc3)c2)CC(=O)CC(=O)O1. The summed E-state index contributed by atoms with van der Waals surface area (Å²) < 4.78 is 5.77. The first-order valence-corrected chi connectivity index (χ1v) is 10.7. The predicted octanol–water partition coefficient (Wildman–Crippen LogP) is 5.40. The number of Topliss-reactive ketones (excluding diaryl/α,β-unsaturated/α-hetero) is 1. The summed E-state index contributed by atoms with van der Waals surface area (Å²) in [5.41, 5.74) is 3.46. The smallest absolute Gasteiger partial charge is 0.314 e. The van der Waals surface area contributed by atoms with Crippen LogP contribution in [0.15, 0.2) is 84.9 Å². The molecule has 1 fully saturated rings. The highest BCUT2D eigenvalue weighted by atomic mass is 16.6. The molecule has 1 heterocycles. The molecule has 4 nitrogen and oxygen atoms in total. The van der Waals surface area contributed by atoms with E-state index in [2.05, 4.69) is 41.3 Å². The number of rotatable bonds is 7. The Kier molecular flexibility index (Phi) is 6.17. The number of carbonyl (C=O) groups is 2. The maximum atomic E-state index is 12.2. The molecule has 0 amide bonds. The van der Waals surface area contributed by atoms with Gasteiger partial charge in [0.1, 0.15) is 17.8 Å². The average Bonchev–Trinajstić information content (AvgIpc) is 2.79. The van der Waals surface area contributed by atoms with Crippen LogP contribution in [0, 0.1) is 0 Å². The summed E-state index contributed by atoms with van der Waals surface area (Å²) in [6.45, 7) is 3.46. The van der Waals surface area contributed by atoms with Crippen molar-refractivity contribution >= 4 is 17.4 Å². The summed E-state index contributed by atoms with van der Waals surface area (Å²) in [5, 5.41) is 0. The van der Waals surface area contributed by atoms with E-state index in [-0.39, 0.29) is 18.6 Å². The standard InChI is InChI=1S/C27H27NO3/c1-2-27(18-25(29)17-26(30)31-27)23-14-9-15-24(16-23)28(19-21-10-5-3-6-11-21)20-22-12-7-4-8-13-22/h3-16H,2,17-20H2,1H3. The maximum Gasteiger partial charge on any atom is 0.314 e. The second-order valence-corrected chi connectivity index (χ2v) is 8.09. The van der Waals surface area contributed by atoms with Crippen molar-refractivity contribution in [1.29, 1.82) is 0 Å². The first kappa shape index (κ1) is 20.9. The quantitative estimate of drug-likeness (QED) is 0.384. The lowest BCUT2D eigenvalue weighted by Gasteiger charge is -2.36. The summed E-state index contributed by atoms with van der Waals surface area (Å²) in [6.07, 6.45) is 0.664. The Bertz CT molecular complexity index is 989. The van der Waals surface area contributed by atoms with Gasteiger partial charge < -0.3 is 9.64 Å². The molecule has 0 saturated carbocycles. The van der Waals surface area contributed by atoms with Gasteiger partial charge in [0.15, 0.2) is 0 Å². The van der Waals surface area contributed by atoms with Gasteiger partial charge in [-0.3, -0.25) is 9.59 Å². The molecular formula is C27H27NO3. The van der Waals surface area contributed by atoms with E-state index in [4.69, 9.17) is 4.74 Å². The summed E-state index contributed by atoms with van der Waals surface area (Å²) in [5.74, 6) is -0.497. The molecule has 0 spiro atoms. The zero-order valence-corrected chi connectivity index (χ0v) is 17.8. The molecule has 1 atom stereocenters. The van der Waals surface area contributed by atoms with E-state index < -0.39 is 11.6 Å². The Balaban J connectivity index is 1.69. The first-order valence-electron chi connectivity index (χ1n) is 10.7. The largest absolute Gasteiger partial charge is 0.453 e. The van der Waals surface area contributed by atoms with Crippen molar-refractivity contribution in [3.8, 4) is 0 Å². The van der Waals surface area contributed by atoms with Gasteiger partial charge in [0.2, 0.25) is 0 Å². The summed E-state index contributed by atoms with van der Waals surface area (Å²) in [4.78, 5) is 26.6. The van der Waals surface area contributed by atoms with Crippen LogP contribution in [-0.2, 0) is 33.0 Å². The highest BCUT2D eigenvalue weighted by Gasteiger charge is 2.41. The van der Waals surface area contributed by atoms with Crippen LogP contribution in [0.1, 0.15) is 42.9 Å². The van der Waals surface area contributed by atoms with E-state index >= 15 is 0 Å². The Morgan fingerprint density at radius 1 is 0.839 bits per heavy atom. The number of carbonyl (C=O) groups excluding carboxylic acids is 2. The minimum Gasteiger partial charge on any atom is -0.453 e. The molecule has 4 heteroatoms. The zero-order valence-electron chi connectivity index (χ0n) is 17.8. The van der Waals surface area contributed by atoms with Gasteiger partial charge in [-0.15, -0.1) is 0 Å². The Morgan fingerprint density at radius 2 is 1.45 bits per heavy atom. The molecule has 1 saturated heterocycles. The fraction of sp³-hybridized carbons (Fsp3) is 0.259. The number of hydrogen-bond acceptors (Lipinski definition) is 4. The van der Waals surface area contributed by atoms with Crippen LogP contribution in [0.5, 0.6) is 0 Å². The molecule has 31 heavy (non-hydrogen) atoms. The topological polar surface area (TPSA) is 46.6 Å². The molecule has 0 N–H and O–H groups in total. The van der Waals surface area contributed by atoms with Gasteiger partial charge in [-0.2, -0.15) is 0 Å². The van der Waals surface area contributed by atoms with Crippen molar-refractivity contribution in [1.82, 2.24) is 0 Å². The third kappa shape index (κ3) is 4.85. The van der Waals surface area contributed by atoms with Gasteiger partial charge in [0.25, 0.3) is 0 Å². The van der Waals surface area contributed by atoms with Gasteiger partial charge >= 0.3 is 5.97 Å². The highest BCUT2D eigenvalue weighted by Crippen LogP contribution is 2.39. The molecule has 4 rings (SSSR count). The molecule has 1 aliphatic rings. The van der Waals surface area contributed by atoms with Crippen molar-refractivity contribution < 1.29 is 14.3 Å². The minimum atomic E-state index is -0.881. The summed E-state index contributed by atoms with van der Waals surface area (Å²) in [6, 6.07) is 28.8. The highest BCUT2D eigenvalue weighted by molar-refractivity contribution is 5.98. The van der Waals surface area contributed by atoms with E-state index in [1.165, 1.54) is 11.1 Å². The number of hydrogen-bond donors (Lipinski definition) is 0.